The third-order valence-electron chi connectivity index (χ3n) is 2.89. The highest BCUT2D eigenvalue weighted by atomic mass is 16.6. The molecule has 1 rings (SSSR count). The Morgan fingerprint density at radius 1 is 1.24 bits per heavy atom. The van der Waals surface area contributed by atoms with Gasteiger partial charge in [0.2, 0.25) is 0 Å². The summed E-state index contributed by atoms with van der Waals surface area (Å²) in [7, 11) is 1.66. The molecule has 0 unspecified atom stereocenters. The molecular formula is C13H22N2O2. The number of hydrogen-bond acceptors (Lipinski definition) is 4. The first-order chi connectivity index (χ1) is 8.24. The minimum absolute atomic E-state index is 0.370. The maximum Gasteiger partial charge on any atom is 0.124 e. The Labute approximate surface area is 103 Å². The summed E-state index contributed by atoms with van der Waals surface area (Å²) < 4.78 is 5.33. The average molecular weight is 238 g/mol. The number of benzene rings is 1. The molecule has 0 aromatic heterocycles. The van der Waals surface area contributed by atoms with Gasteiger partial charge in [0, 0.05) is 12.1 Å². The number of hydrogen-bond donors (Lipinski definition) is 1. The minimum Gasteiger partial charge on any atom is -0.496 e. The van der Waals surface area contributed by atoms with Crippen LogP contribution in [0.15, 0.2) is 18.2 Å². The van der Waals surface area contributed by atoms with E-state index in [9.17, 15) is 0 Å². The van der Waals surface area contributed by atoms with Crippen molar-refractivity contribution in [3.8, 4) is 5.75 Å². The predicted molar refractivity (Wildman–Crippen MR) is 68.6 cm³/mol. The summed E-state index contributed by atoms with van der Waals surface area (Å²) in [6.45, 7) is 7.73. The summed E-state index contributed by atoms with van der Waals surface area (Å²) in [6, 6.07) is 6.15. The fourth-order valence-corrected chi connectivity index (χ4v) is 1.80. The lowest BCUT2D eigenvalue weighted by atomic mass is 10.1. The molecule has 4 nitrogen and oxygen atoms in total. The van der Waals surface area contributed by atoms with Crippen LogP contribution in [-0.2, 0) is 18.0 Å². The van der Waals surface area contributed by atoms with Gasteiger partial charge in [-0.3, -0.25) is 9.74 Å². The molecule has 0 atom stereocenters. The van der Waals surface area contributed by atoms with Crippen LogP contribution in [0.3, 0.4) is 0 Å². The lowest BCUT2D eigenvalue weighted by Gasteiger charge is -2.19. The fourth-order valence-electron chi connectivity index (χ4n) is 1.80. The Morgan fingerprint density at radius 2 is 1.94 bits per heavy atom. The Kier molecular flexibility index (Phi) is 5.97. The summed E-state index contributed by atoms with van der Waals surface area (Å²) >= 11 is 0. The van der Waals surface area contributed by atoms with Crippen molar-refractivity contribution in [2.75, 3.05) is 20.2 Å². The van der Waals surface area contributed by atoms with E-state index in [0.717, 1.165) is 30.9 Å². The van der Waals surface area contributed by atoms with Gasteiger partial charge in [0.1, 0.15) is 5.75 Å². The topological polar surface area (TPSA) is 47.7 Å². The molecule has 4 heteroatoms. The largest absolute Gasteiger partial charge is 0.496 e. The normalized spacial score (nSPS) is 10.9. The van der Waals surface area contributed by atoms with E-state index in [2.05, 4.69) is 29.7 Å². The molecule has 96 valence electrons. The highest BCUT2D eigenvalue weighted by molar-refractivity contribution is 5.37. The third kappa shape index (κ3) is 4.00. The maximum atomic E-state index is 5.33. The number of nitrogens with zero attached hydrogens (tertiary/aromatic N) is 1. The van der Waals surface area contributed by atoms with E-state index in [0.29, 0.717) is 6.61 Å². The molecule has 0 aliphatic heterocycles. The van der Waals surface area contributed by atoms with E-state index < -0.39 is 0 Å². The van der Waals surface area contributed by atoms with Gasteiger partial charge in [-0.15, -0.1) is 0 Å². The van der Waals surface area contributed by atoms with E-state index in [1.165, 1.54) is 5.56 Å². The van der Waals surface area contributed by atoms with Gasteiger partial charge in [0.05, 0.1) is 13.7 Å². The molecular weight excluding hydrogens is 216 g/mol. The summed E-state index contributed by atoms with van der Waals surface area (Å²) in [6.07, 6.45) is 0. The molecule has 0 aliphatic rings. The molecule has 0 bridgehead atoms. The Bertz CT molecular complexity index is 338. The quantitative estimate of drug-likeness (QED) is 0.737. The van der Waals surface area contributed by atoms with Crippen LogP contribution in [0.2, 0.25) is 0 Å². The van der Waals surface area contributed by atoms with Gasteiger partial charge in [0.25, 0.3) is 0 Å². The van der Waals surface area contributed by atoms with Crippen LogP contribution in [0.25, 0.3) is 0 Å². The number of methoxy groups -OCH3 is 1. The second-order valence-corrected chi connectivity index (χ2v) is 3.92. The molecule has 0 fully saturated rings. The van der Waals surface area contributed by atoms with E-state index in [-0.39, 0.29) is 0 Å². The zero-order valence-corrected chi connectivity index (χ0v) is 10.9. The minimum atomic E-state index is 0.370. The van der Waals surface area contributed by atoms with Gasteiger partial charge in [-0.1, -0.05) is 26.0 Å². The smallest absolute Gasteiger partial charge is 0.124 e. The van der Waals surface area contributed by atoms with Crippen molar-refractivity contribution in [3.63, 3.8) is 0 Å². The molecule has 1 aromatic carbocycles. The van der Waals surface area contributed by atoms with Crippen LogP contribution in [0, 0.1) is 0 Å². The zero-order chi connectivity index (χ0) is 12.7. The summed E-state index contributed by atoms with van der Waals surface area (Å²) in [4.78, 5) is 7.00. The summed E-state index contributed by atoms with van der Waals surface area (Å²) in [5.74, 6) is 5.92. The van der Waals surface area contributed by atoms with Crippen LogP contribution < -0.4 is 10.6 Å². The van der Waals surface area contributed by atoms with Crippen LogP contribution in [0.5, 0.6) is 5.75 Å². The second-order valence-electron chi connectivity index (χ2n) is 3.92. The van der Waals surface area contributed by atoms with Crippen molar-refractivity contribution in [1.29, 1.82) is 0 Å². The molecule has 1 aromatic rings. The van der Waals surface area contributed by atoms with Crippen molar-refractivity contribution in [1.82, 2.24) is 4.90 Å². The molecule has 0 aliphatic carbocycles. The first kappa shape index (κ1) is 14.0. The zero-order valence-electron chi connectivity index (χ0n) is 10.9. The highest BCUT2D eigenvalue weighted by Crippen LogP contribution is 2.21. The lowest BCUT2D eigenvalue weighted by Crippen LogP contribution is -2.22. The predicted octanol–water partition coefficient (Wildman–Crippen LogP) is 1.93. The van der Waals surface area contributed by atoms with E-state index in [1.54, 1.807) is 7.11 Å². The van der Waals surface area contributed by atoms with E-state index in [4.69, 9.17) is 10.6 Å². The van der Waals surface area contributed by atoms with Crippen LogP contribution in [-0.4, -0.2) is 25.1 Å². The Hall–Kier alpha value is -1.10. The summed E-state index contributed by atoms with van der Waals surface area (Å²) in [5, 5.41) is 0. The van der Waals surface area contributed by atoms with E-state index in [1.807, 2.05) is 12.1 Å². The third-order valence-corrected chi connectivity index (χ3v) is 2.89. The van der Waals surface area contributed by atoms with Crippen molar-refractivity contribution in [3.05, 3.63) is 29.3 Å². The standard InChI is InChI=1S/C13H22N2O2/c1-4-15(5-2)9-11-6-7-12(10-17-14)13(8-11)16-3/h6-8H,4-5,9-10,14H2,1-3H3. The fraction of sp³-hybridized carbons (Fsp3) is 0.538. The van der Waals surface area contributed by atoms with Gasteiger partial charge in [0.15, 0.2) is 0 Å². The molecule has 17 heavy (non-hydrogen) atoms. The Balaban J connectivity index is 2.81. The first-order valence-corrected chi connectivity index (χ1v) is 5.94. The van der Waals surface area contributed by atoms with Gasteiger partial charge in [-0.05, 0) is 24.7 Å². The van der Waals surface area contributed by atoms with Crippen LogP contribution in [0.4, 0.5) is 0 Å². The van der Waals surface area contributed by atoms with Crippen molar-refractivity contribution in [2.45, 2.75) is 27.0 Å². The van der Waals surface area contributed by atoms with Gasteiger partial charge in [-0.25, -0.2) is 5.90 Å². The molecule has 0 saturated carbocycles. The maximum absolute atomic E-state index is 5.33. The van der Waals surface area contributed by atoms with Crippen molar-refractivity contribution in [2.24, 2.45) is 5.90 Å². The summed E-state index contributed by atoms with van der Waals surface area (Å²) in [5.41, 5.74) is 2.21. The van der Waals surface area contributed by atoms with Crippen LogP contribution in [0.1, 0.15) is 25.0 Å². The van der Waals surface area contributed by atoms with Gasteiger partial charge in [-0.2, -0.15) is 0 Å². The number of ether oxygens (including phenoxy) is 1. The van der Waals surface area contributed by atoms with Gasteiger partial charge >= 0.3 is 0 Å². The second kappa shape index (κ2) is 7.27. The molecule has 0 radical (unpaired) electrons. The lowest BCUT2D eigenvalue weighted by molar-refractivity contribution is 0.122. The average Bonchev–Trinajstić information content (AvgIpc) is 2.37. The molecule has 0 amide bonds. The molecule has 0 saturated heterocycles. The number of nitrogens with two attached hydrogens (primary N) is 1. The monoisotopic (exact) mass is 238 g/mol. The van der Waals surface area contributed by atoms with Gasteiger partial charge < -0.3 is 4.74 Å². The highest BCUT2D eigenvalue weighted by Gasteiger charge is 2.06. The molecule has 0 spiro atoms. The molecule has 2 N–H and O–H groups in total. The SMILES string of the molecule is CCN(CC)Cc1ccc(CON)c(OC)c1. The van der Waals surface area contributed by atoms with Crippen molar-refractivity contribution < 1.29 is 9.57 Å². The van der Waals surface area contributed by atoms with Crippen LogP contribution >= 0.6 is 0 Å². The molecule has 0 heterocycles. The van der Waals surface area contributed by atoms with E-state index >= 15 is 0 Å². The first-order valence-electron chi connectivity index (χ1n) is 5.94. The Morgan fingerprint density at radius 3 is 2.47 bits per heavy atom. The van der Waals surface area contributed by atoms with Crippen molar-refractivity contribution >= 4 is 0 Å². The number of rotatable bonds is 7.